The number of aromatic nitrogens is 2. The van der Waals surface area contributed by atoms with Gasteiger partial charge in [-0.05, 0) is 31.1 Å². The molecule has 2 fully saturated rings. The fourth-order valence-corrected chi connectivity index (χ4v) is 4.62. The lowest BCUT2D eigenvalue weighted by atomic mass is 9.98. The summed E-state index contributed by atoms with van der Waals surface area (Å²) >= 11 is 0. The highest BCUT2D eigenvalue weighted by molar-refractivity contribution is 5.93. The van der Waals surface area contributed by atoms with Crippen LogP contribution in [-0.4, -0.2) is 47.0 Å². The van der Waals surface area contributed by atoms with Gasteiger partial charge in [0.05, 0.1) is 17.9 Å². The van der Waals surface area contributed by atoms with Crippen LogP contribution in [0.15, 0.2) is 43.5 Å². The fourth-order valence-electron chi connectivity index (χ4n) is 4.62. The second kappa shape index (κ2) is 8.24. The number of fused-ring (bicyclic) bond motifs is 1. The summed E-state index contributed by atoms with van der Waals surface area (Å²) in [5, 5.41) is -0.0905. The first-order valence-electron chi connectivity index (χ1n) is 10.2. The largest absolute Gasteiger partial charge is 0.417 e. The Labute approximate surface area is 186 Å². The Bertz CT molecular complexity index is 1170. The number of amides is 1. The lowest BCUT2D eigenvalue weighted by Crippen LogP contribution is -2.40. The molecule has 1 aromatic heterocycles. The molecular formula is C23H21F5N4O. The fraction of sp³-hybridized carbons (Fsp3) is 0.348. The van der Waals surface area contributed by atoms with Crippen molar-refractivity contribution in [2.75, 3.05) is 25.0 Å². The van der Waals surface area contributed by atoms with E-state index in [1.54, 1.807) is 16.8 Å². The molecule has 2 heterocycles. The topological polar surface area (TPSA) is 49.3 Å². The highest BCUT2D eigenvalue weighted by Crippen LogP contribution is 2.55. The van der Waals surface area contributed by atoms with E-state index in [1.807, 2.05) is 0 Å². The number of alkyl halides is 3. The summed E-state index contributed by atoms with van der Waals surface area (Å²) in [5.41, 5.74) is -2.40. The quantitative estimate of drug-likeness (QED) is 0.359. The molecule has 1 aliphatic heterocycles. The number of anilines is 1. The van der Waals surface area contributed by atoms with Crippen molar-refractivity contribution in [2.24, 2.45) is 5.41 Å². The van der Waals surface area contributed by atoms with Gasteiger partial charge in [0.25, 0.3) is 0 Å². The van der Waals surface area contributed by atoms with Gasteiger partial charge in [-0.25, -0.2) is 18.7 Å². The maximum absolute atomic E-state index is 15.2. The van der Waals surface area contributed by atoms with E-state index in [9.17, 15) is 22.4 Å². The van der Waals surface area contributed by atoms with Crippen LogP contribution in [-0.2, 0) is 11.0 Å². The minimum absolute atomic E-state index is 0.0905. The first-order valence-corrected chi connectivity index (χ1v) is 10.2. The molecule has 1 spiro atoms. The SMILES string of the molecule is C=CC(=O)N1CC(N(C)c2ncnc3c(F)c(/C=C/C=C/F)c(C(F)(F)F)cc23)C2(CC2)C1. The Hall–Kier alpha value is -3.30. The van der Waals surface area contributed by atoms with Crippen molar-refractivity contribution in [1.29, 1.82) is 0 Å². The lowest BCUT2D eigenvalue weighted by Gasteiger charge is -2.30. The Morgan fingerprint density at radius 3 is 2.64 bits per heavy atom. The van der Waals surface area contributed by atoms with Crippen LogP contribution in [0, 0.1) is 11.2 Å². The summed E-state index contributed by atoms with van der Waals surface area (Å²) in [5.74, 6) is -1.24. The predicted octanol–water partition coefficient (Wildman–Crippen LogP) is 4.90. The number of hydrogen-bond donors (Lipinski definition) is 0. The minimum Gasteiger partial charge on any atom is -0.354 e. The van der Waals surface area contributed by atoms with Crippen molar-refractivity contribution in [3.8, 4) is 0 Å². The van der Waals surface area contributed by atoms with Gasteiger partial charge in [0.2, 0.25) is 5.91 Å². The molecule has 5 nitrogen and oxygen atoms in total. The van der Waals surface area contributed by atoms with Gasteiger partial charge in [0, 0.05) is 36.5 Å². The number of benzene rings is 1. The molecule has 1 saturated heterocycles. The molecule has 174 valence electrons. The second-order valence-electron chi connectivity index (χ2n) is 8.33. The standard InChI is InChI=1S/C23H21F5N4O/c1-3-18(33)32-11-17(22(12-32)7-8-22)31(2)21-15-10-16(23(26,27)28)14(6-4-5-9-24)19(25)20(15)29-13-30-21/h3-6,9-10,13,17H,1,7-8,11-12H2,2H3/b6-4+,9-5+. The van der Waals surface area contributed by atoms with Crippen LogP contribution in [0.2, 0.25) is 0 Å². The van der Waals surface area contributed by atoms with Crippen LogP contribution < -0.4 is 4.90 Å². The third-order valence-electron chi connectivity index (χ3n) is 6.42. The van der Waals surface area contributed by atoms with Crippen molar-refractivity contribution in [3.05, 3.63) is 60.5 Å². The summed E-state index contributed by atoms with van der Waals surface area (Å²) < 4.78 is 68.9. The summed E-state index contributed by atoms with van der Waals surface area (Å²) in [6, 6.07) is 0.621. The van der Waals surface area contributed by atoms with Gasteiger partial charge in [-0.2, -0.15) is 13.2 Å². The zero-order valence-electron chi connectivity index (χ0n) is 17.7. The number of likely N-dealkylation sites (N-methyl/N-ethyl adjacent to an activating group) is 1. The number of hydrogen-bond acceptors (Lipinski definition) is 4. The van der Waals surface area contributed by atoms with Gasteiger partial charge in [0.1, 0.15) is 17.7 Å². The van der Waals surface area contributed by atoms with Crippen LogP contribution in [0.4, 0.5) is 27.8 Å². The third-order valence-corrected chi connectivity index (χ3v) is 6.42. The molecule has 10 heteroatoms. The van der Waals surface area contributed by atoms with Crippen molar-refractivity contribution < 1.29 is 26.7 Å². The van der Waals surface area contributed by atoms with Crippen LogP contribution in [0.5, 0.6) is 0 Å². The Balaban J connectivity index is 1.83. The predicted molar refractivity (Wildman–Crippen MR) is 114 cm³/mol. The average Bonchev–Trinajstić information content (AvgIpc) is 3.45. The van der Waals surface area contributed by atoms with Crippen molar-refractivity contribution in [1.82, 2.24) is 14.9 Å². The van der Waals surface area contributed by atoms with E-state index in [2.05, 4.69) is 16.5 Å². The molecule has 0 radical (unpaired) electrons. The number of nitrogens with zero attached hydrogens (tertiary/aromatic N) is 4. The Morgan fingerprint density at radius 2 is 2.03 bits per heavy atom. The monoisotopic (exact) mass is 464 g/mol. The summed E-state index contributed by atoms with van der Waals surface area (Å²) in [6.45, 7) is 4.40. The van der Waals surface area contributed by atoms with E-state index in [0.29, 0.717) is 13.1 Å². The summed E-state index contributed by atoms with van der Waals surface area (Å²) in [6.07, 6.45) is 2.02. The third kappa shape index (κ3) is 3.98. The van der Waals surface area contributed by atoms with E-state index < -0.39 is 23.1 Å². The molecule has 4 rings (SSSR count). The van der Waals surface area contributed by atoms with Gasteiger partial charge < -0.3 is 9.80 Å². The smallest absolute Gasteiger partial charge is 0.354 e. The van der Waals surface area contributed by atoms with Crippen molar-refractivity contribution in [3.63, 3.8) is 0 Å². The first-order chi connectivity index (χ1) is 15.6. The van der Waals surface area contributed by atoms with Crippen LogP contribution in [0.1, 0.15) is 24.0 Å². The van der Waals surface area contributed by atoms with E-state index in [1.165, 1.54) is 6.08 Å². The normalized spacial score (nSPS) is 19.8. The van der Waals surface area contributed by atoms with E-state index in [0.717, 1.165) is 43.5 Å². The van der Waals surface area contributed by atoms with Crippen LogP contribution in [0.3, 0.4) is 0 Å². The van der Waals surface area contributed by atoms with Gasteiger partial charge in [-0.15, -0.1) is 0 Å². The zero-order chi connectivity index (χ0) is 24.0. The summed E-state index contributed by atoms with van der Waals surface area (Å²) in [7, 11) is 1.68. The van der Waals surface area contributed by atoms with Gasteiger partial charge >= 0.3 is 6.18 Å². The van der Waals surface area contributed by atoms with Crippen LogP contribution >= 0.6 is 0 Å². The van der Waals surface area contributed by atoms with Gasteiger partial charge in [-0.1, -0.05) is 18.7 Å². The average molecular weight is 464 g/mol. The number of carbonyl (C=O) groups excluding carboxylic acids is 1. The second-order valence-corrected chi connectivity index (χ2v) is 8.33. The maximum Gasteiger partial charge on any atom is 0.417 e. The number of likely N-dealkylation sites (tertiary alicyclic amines) is 1. The van der Waals surface area contributed by atoms with Crippen molar-refractivity contribution >= 4 is 28.7 Å². The molecule has 0 N–H and O–H groups in total. The van der Waals surface area contributed by atoms with E-state index in [4.69, 9.17) is 0 Å². The molecule has 2 aromatic rings. The van der Waals surface area contributed by atoms with E-state index >= 15 is 4.39 Å². The molecule has 1 atom stereocenters. The lowest BCUT2D eigenvalue weighted by molar-refractivity contribution is -0.137. The first kappa shape index (κ1) is 22.9. The molecule has 1 aromatic carbocycles. The summed E-state index contributed by atoms with van der Waals surface area (Å²) in [4.78, 5) is 23.6. The number of rotatable bonds is 5. The molecule has 33 heavy (non-hydrogen) atoms. The maximum atomic E-state index is 15.2. The Kier molecular flexibility index (Phi) is 5.71. The van der Waals surface area contributed by atoms with Gasteiger partial charge in [-0.3, -0.25) is 4.79 Å². The molecule has 1 amide bonds. The molecule has 1 unspecified atom stereocenters. The molecule has 2 aliphatic rings. The van der Waals surface area contributed by atoms with E-state index in [-0.39, 0.29) is 40.4 Å². The molecule has 1 saturated carbocycles. The molecule has 1 aliphatic carbocycles. The molecule has 0 bridgehead atoms. The van der Waals surface area contributed by atoms with Gasteiger partial charge in [0.15, 0.2) is 5.82 Å². The number of carbonyl (C=O) groups is 1. The number of allylic oxidation sites excluding steroid dienone is 2. The zero-order valence-corrected chi connectivity index (χ0v) is 17.7. The highest BCUT2D eigenvalue weighted by atomic mass is 19.4. The number of halogens is 5. The Morgan fingerprint density at radius 1 is 1.30 bits per heavy atom. The van der Waals surface area contributed by atoms with Crippen molar-refractivity contribution in [2.45, 2.75) is 25.1 Å². The van der Waals surface area contributed by atoms with Crippen LogP contribution in [0.25, 0.3) is 17.0 Å². The minimum atomic E-state index is -4.86. The highest BCUT2D eigenvalue weighted by Gasteiger charge is 2.57. The molecular weight excluding hydrogens is 443 g/mol.